The van der Waals surface area contributed by atoms with Gasteiger partial charge in [0.25, 0.3) is 17.1 Å². The van der Waals surface area contributed by atoms with Gasteiger partial charge >= 0.3 is 0 Å². The zero-order chi connectivity index (χ0) is 66.4. The minimum absolute atomic E-state index is 0.0222. The maximum Gasteiger partial charge on any atom is 0.269 e. The number of hydrogen-bond acceptors (Lipinski definition) is 16. The molecule has 0 aliphatic rings. The molecule has 20 heteroatoms. The average Bonchev–Trinajstić information content (AvgIpc) is 3.49. The van der Waals surface area contributed by atoms with E-state index in [4.69, 9.17) is 14.2 Å². The highest BCUT2D eigenvalue weighted by molar-refractivity contribution is 5.48. The van der Waals surface area contributed by atoms with Crippen LogP contribution in [0.4, 0.5) is 51.2 Å². The van der Waals surface area contributed by atoms with E-state index in [0.29, 0.717) is 53.9 Å². The van der Waals surface area contributed by atoms with Gasteiger partial charge in [0, 0.05) is 36.4 Å². The summed E-state index contributed by atoms with van der Waals surface area (Å²) in [6, 6.07) is 40.4. The van der Waals surface area contributed by atoms with Crippen LogP contribution in [-0.2, 0) is 0 Å². The van der Waals surface area contributed by atoms with Crippen molar-refractivity contribution in [1.82, 2.24) is 0 Å². The zero-order valence-electron chi connectivity index (χ0n) is 55.3. The highest BCUT2D eigenvalue weighted by atomic mass is 16.6. The Morgan fingerprint density at radius 3 is 0.638 bits per heavy atom. The van der Waals surface area contributed by atoms with Crippen molar-refractivity contribution in [1.29, 1.82) is 0 Å². The largest absolute Gasteiger partial charge is 0.494 e. The molecule has 0 saturated carbocycles. The fourth-order valence-corrected chi connectivity index (χ4v) is 11.4. The number of rotatable bonds is 53. The first-order valence-electron chi connectivity index (χ1n) is 34.7. The molecule has 6 rings (SSSR count). The van der Waals surface area contributed by atoms with E-state index < -0.39 is 14.8 Å². The summed E-state index contributed by atoms with van der Waals surface area (Å²) in [5, 5.41) is 68.3. The number of aliphatic hydroxyl groups is 1. The standard InChI is InChI=1S/C74H101N10O10/c85-59-58-84(55-25-19-13-7-1-4-10-16-22-28-60-92-72-49-37-66(38-50-72)78-75-63-31-43-69(44-32-63)81(86)87,56-26-20-14-8-2-5-11-17-23-29-61-93-73-51-39-67(40-52-73)79-76-64-33-45-70(46-34-64)82(88)89)57-27-21-15-9-3-6-12-18-24-30-62-94-74-53-41-68(42-54-74)80-77-65-35-47-71(48-36-65)83(90)91/h31-54,85H,1-30,55-62H2/q+1. The van der Waals surface area contributed by atoms with Crippen molar-refractivity contribution in [3.63, 3.8) is 0 Å². The maximum atomic E-state index is 10.9. The molecular formula is C74H101N10O10+. The second kappa shape index (κ2) is 45.9. The maximum absolute atomic E-state index is 10.9. The number of unbranched alkanes of at least 4 members (excludes halogenated alkanes) is 27. The van der Waals surface area contributed by atoms with E-state index in [1.807, 2.05) is 72.8 Å². The first kappa shape index (κ1) is 74.7. The summed E-state index contributed by atoms with van der Waals surface area (Å²) < 4.78 is 19.0. The van der Waals surface area contributed by atoms with E-state index >= 15 is 0 Å². The Balaban J connectivity index is 0.793. The number of quaternary nitrogens is 1. The number of azo groups is 3. The Bertz CT molecular complexity index is 2780. The van der Waals surface area contributed by atoms with Crippen molar-refractivity contribution in [3.05, 3.63) is 176 Å². The van der Waals surface area contributed by atoms with Crippen molar-refractivity contribution in [2.24, 2.45) is 30.7 Å². The lowest BCUT2D eigenvalue weighted by atomic mass is 10.0. The quantitative estimate of drug-likeness (QED) is 0.0124. The Labute approximate surface area is 556 Å². The van der Waals surface area contributed by atoms with Gasteiger partial charge in [0.2, 0.25) is 0 Å². The summed E-state index contributed by atoms with van der Waals surface area (Å²) in [5.41, 5.74) is 3.77. The molecule has 0 aliphatic carbocycles. The van der Waals surface area contributed by atoms with Gasteiger partial charge < -0.3 is 23.8 Å². The number of nitrogens with zero attached hydrogens (tertiary/aromatic N) is 10. The fraction of sp³-hybridized carbons (Fsp3) is 0.514. The molecule has 0 aliphatic heterocycles. The van der Waals surface area contributed by atoms with Gasteiger partial charge in [-0.25, -0.2) is 0 Å². The van der Waals surface area contributed by atoms with Crippen molar-refractivity contribution < 1.29 is 38.6 Å². The van der Waals surface area contributed by atoms with Crippen LogP contribution in [0, 0.1) is 30.3 Å². The van der Waals surface area contributed by atoms with Gasteiger partial charge in [-0.3, -0.25) is 30.3 Å². The van der Waals surface area contributed by atoms with E-state index in [1.54, 1.807) is 36.4 Å². The number of nitro groups is 3. The molecule has 0 fully saturated rings. The third-order valence-corrected chi connectivity index (χ3v) is 17.0. The molecule has 20 nitrogen and oxygen atoms in total. The fourth-order valence-electron chi connectivity index (χ4n) is 11.4. The molecule has 0 radical (unpaired) electrons. The lowest BCUT2D eigenvalue weighted by Crippen LogP contribution is -2.51. The molecule has 1 N–H and O–H groups in total. The van der Waals surface area contributed by atoms with Gasteiger partial charge in [-0.05, 0) is 167 Å². The second-order valence-corrected chi connectivity index (χ2v) is 24.5. The molecule has 506 valence electrons. The van der Waals surface area contributed by atoms with Crippen molar-refractivity contribution in [2.75, 3.05) is 52.6 Å². The zero-order valence-corrected chi connectivity index (χ0v) is 55.3. The van der Waals surface area contributed by atoms with Crippen LogP contribution in [0.1, 0.15) is 193 Å². The third-order valence-electron chi connectivity index (χ3n) is 17.0. The topological polar surface area (TPSA) is 252 Å². The van der Waals surface area contributed by atoms with Crippen molar-refractivity contribution in [3.8, 4) is 17.2 Å². The summed E-state index contributed by atoms with van der Waals surface area (Å²) in [6.45, 7) is 6.71. The van der Waals surface area contributed by atoms with Gasteiger partial charge in [0.1, 0.15) is 23.8 Å². The Morgan fingerprint density at radius 1 is 0.266 bits per heavy atom. The molecular weight excluding hydrogens is 1190 g/mol. The second-order valence-electron chi connectivity index (χ2n) is 24.5. The number of benzene rings is 6. The van der Waals surface area contributed by atoms with Crippen LogP contribution in [-0.4, -0.2) is 77.0 Å². The minimum Gasteiger partial charge on any atom is -0.494 e. The van der Waals surface area contributed by atoms with Crippen LogP contribution in [0.25, 0.3) is 0 Å². The molecule has 0 bridgehead atoms. The Kier molecular flexibility index (Phi) is 36.4. The predicted octanol–water partition coefficient (Wildman–Crippen LogP) is 22.7. The Morgan fingerprint density at radius 2 is 0.447 bits per heavy atom. The molecule has 0 spiro atoms. The summed E-state index contributed by atoms with van der Waals surface area (Å²) in [5.74, 6) is 2.42. The van der Waals surface area contributed by atoms with E-state index in [0.717, 1.165) is 66.8 Å². The van der Waals surface area contributed by atoms with Crippen LogP contribution >= 0.6 is 0 Å². The third kappa shape index (κ3) is 32.0. The number of hydrogen-bond donors (Lipinski definition) is 1. The Hall–Kier alpha value is -8.36. The number of aliphatic hydroxyl groups excluding tert-OH is 1. The highest BCUT2D eigenvalue weighted by Crippen LogP contribution is 2.28. The lowest BCUT2D eigenvalue weighted by molar-refractivity contribution is -0.929. The van der Waals surface area contributed by atoms with E-state index in [9.17, 15) is 35.4 Å². The van der Waals surface area contributed by atoms with E-state index in [1.165, 1.54) is 210 Å². The summed E-state index contributed by atoms with van der Waals surface area (Å²) >= 11 is 0. The molecule has 0 heterocycles. The SMILES string of the molecule is O=[N+]([O-])c1ccc(N=Nc2ccc(OCCCCCCCCCCCC[N+](CCO)(CCCCCCCCCCCCOc3ccc(N=Nc4ccc([N+](=O)[O-])cc4)cc3)CCCCCCCCCCCCOc3ccc(N=Nc4ccc([N+](=O)[O-])cc4)cc3)cc2)cc1. The lowest BCUT2D eigenvalue weighted by Gasteiger charge is -2.39. The monoisotopic (exact) mass is 1290 g/mol. The molecule has 0 aromatic heterocycles. The first-order valence-corrected chi connectivity index (χ1v) is 34.7. The van der Waals surface area contributed by atoms with Gasteiger partial charge in [0.15, 0.2) is 0 Å². The summed E-state index contributed by atoms with van der Waals surface area (Å²) in [7, 11) is 0. The molecule has 0 unspecified atom stereocenters. The normalized spacial score (nSPS) is 12.2. The molecule has 94 heavy (non-hydrogen) atoms. The molecule has 0 amide bonds. The predicted molar refractivity (Wildman–Crippen MR) is 373 cm³/mol. The van der Waals surface area contributed by atoms with Gasteiger partial charge in [0.05, 0.1) is 95.0 Å². The summed E-state index contributed by atoms with van der Waals surface area (Å²) in [6.07, 6.45) is 37.0. The van der Waals surface area contributed by atoms with E-state index in [-0.39, 0.29) is 23.7 Å². The first-order chi connectivity index (χ1) is 46.1. The molecule has 0 atom stereocenters. The van der Waals surface area contributed by atoms with E-state index in [2.05, 4.69) is 30.7 Å². The number of ether oxygens (including phenoxy) is 3. The molecule has 6 aromatic rings. The average molecular weight is 1290 g/mol. The van der Waals surface area contributed by atoms with Crippen LogP contribution in [0.2, 0.25) is 0 Å². The highest BCUT2D eigenvalue weighted by Gasteiger charge is 2.26. The number of nitro benzene ring substituents is 3. The number of non-ortho nitro benzene ring substituents is 3. The van der Waals surface area contributed by atoms with Crippen molar-refractivity contribution >= 4 is 51.2 Å². The van der Waals surface area contributed by atoms with Crippen LogP contribution in [0.3, 0.4) is 0 Å². The minimum atomic E-state index is -0.435. The smallest absolute Gasteiger partial charge is 0.269 e. The summed E-state index contributed by atoms with van der Waals surface area (Å²) in [4.78, 5) is 31.4. The van der Waals surface area contributed by atoms with Gasteiger partial charge in [-0.2, -0.15) is 30.7 Å². The molecule has 6 aromatic carbocycles. The van der Waals surface area contributed by atoms with Crippen LogP contribution in [0.15, 0.2) is 176 Å². The van der Waals surface area contributed by atoms with Gasteiger partial charge in [-0.15, -0.1) is 0 Å². The van der Waals surface area contributed by atoms with Gasteiger partial charge in [-0.1, -0.05) is 135 Å². The van der Waals surface area contributed by atoms with Crippen LogP contribution < -0.4 is 14.2 Å². The van der Waals surface area contributed by atoms with Crippen LogP contribution in [0.5, 0.6) is 17.2 Å². The van der Waals surface area contributed by atoms with Crippen molar-refractivity contribution in [2.45, 2.75) is 193 Å². The molecule has 0 saturated heterocycles.